The number of carbonyl (C=O) groups is 1. The van der Waals surface area contributed by atoms with Crippen molar-refractivity contribution < 1.29 is 9.18 Å². The quantitative estimate of drug-likeness (QED) is 0.900. The maximum Gasteiger partial charge on any atom is 0.245 e. The molecule has 0 aliphatic rings. The molecule has 0 saturated carbocycles. The predicted molar refractivity (Wildman–Crippen MR) is 80.8 cm³/mol. The molecule has 1 amide bonds. The summed E-state index contributed by atoms with van der Waals surface area (Å²) in [5.74, 6) is -0.805. The van der Waals surface area contributed by atoms with Gasteiger partial charge in [0.15, 0.2) is 0 Å². The molecule has 0 heterocycles. The Morgan fingerprint density at radius 2 is 1.95 bits per heavy atom. The minimum Gasteiger partial charge on any atom is -0.324 e. The van der Waals surface area contributed by atoms with E-state index in [1.807, 2.05) is 18.2 Å². The highest BCUT2D eigenvalue weighted by atomic mass is 79.9. The lowest BCUT2D eigenvalue weighted by Gasteiger charge is -2.14. The van der Waals surface area contributed by atoms with Gasteiger partial charge in [0.1, 0.15) is 11.9 Å². The van der Waals surface area contributed by atoms with Crippen molar-refractivity contribution in [3.63, 3.8) is 0 Å². The zero-order chi connectivity index (χ0) is 14.7. The van der Waals surface area contributed by atoms with Crippen LogP contribution in [0.25, 0.3) is 0 Å². The number of amides is 1. The molecular weight excluding hydrogens is 323 g/mol. The molecule has 0 unspecified atom stereocenters. The summed E-state index contributed by atoms with van der Waals surface area (Å²) in [4.78, 5) is 12.1. The Morgan fingerprint density at radius 3 is 2.60 bits per heavy atom. The predicted octanol–water partition coefficient (Wildman–Crippen LogP) is 3.54. The molecule has 0 fully saturated rings. The highest BCUT2D eigenvalue weighted by Gasteiger charge is 2.17. The van der Waals surface area contributed by atoms with Gasteiger partial charge >= 0.3 is 0 Å². The van der Waals surface area contributed by atoms with Gasteiger partial charge in [-0.15, -0.1) is 0 Å². The van der Waals surface area contributed by atoms with Crippen molar-refractivity contribution in [1.29, 1.82) is 0 Å². The number of anilines is 1. The van der Waals surface area contributed by atoms with Gasteiger partial charge in [-0.1, -0.05) is 30.3 Å². The third-order valence-corrected chi connectivity index (χ3v) is 3.57. The van der Waals surface area contributed by atoms with Crippen LogP contribution in [0.3, 0.4) is 0 Å². The normalized spacial score (nSPS) is 12.0. The van der Waals surface area contributed by atoms with Crippen LogP contribution in [0.4, 0.5) is 10.1 Å². The summed E-state index contributed by atoms with van der Waals surface area (Å²) in [6.45, 7) is 1.79. The van der Waals surface area contributed by atoms with E-state index in [0.717, 1.165) is 5.56 Å². The van der Waals surface area contributed by atoms with Crippen LogP contribution < -0.4 is 11.1 Å². The van der Waals surface area contributed by atoms with Gasteiger partial charge in [-0.05, 0) is 46.1 Å². The second kappa shape index (κ2) is 6.15. The van der Waals surface area contributed by atoms with Crippen LogP contribution in [0, 0.1) is 12.7 Å². The van der Waals surface area contributed by atoms with Crippen molar-refractivity contribution >= 4 is 27.5 Å². The Balaban J connectivity index is 2.18. The lowest BCUT2D eigenvalue weighted by molar-refractivity contribution is -0.117. The molecule has 2 rings (SSSR count). The van der Waals surface area contributed by atoms with Gasteiger partial charge in [0.25, 0.3) is 0 Å². The second-order valence-electron chi connectivity index (χ2n) is 4.46. The van der Waals surface area contributed by atoms with E-state index in [2.05, 4.69) is 21.2 Å². The zero-order valence-corrected chi connectivity index (χ0v) is 12.4. The zero-order valence-electron chi connectivity index (χ0n) is 10.9. The molecule has 3 nitrogen and oxygen atoms in total. The van der Waals surface area contributed by atoms with E-state index in [1.165, 1.54) is 6.07 Å². The highest BCUT2D eigenvalue weighted by molar-refractivity contribution is 9.10. The van der Waals surface area contributed by atoms with E-state index in [1.54, 1.807) is 25.1 Å². The Morgan fingerprint density at radius 1 is 1.30 bits per heavy atom. The maximum absolute atomic E-state index is 13.5. The summed E-state index contributed by atoms with van der Waals surface area (Å²) >= 11 is 3.10. The molecule has 3 N–H and O–H groups in total. The van der Waals surface area contributed by atoms with Crippen LogP contribution in [0.1, 0.15) is 17.2 Å². The largest absolute Gasteiger partial charge is 0.324 e. The minimum absolute atomic E-state index is 0.361. The third-order valence-electron chi connectivity index (χ3n) is 2.97. The van der Waals surface area contributed by atoms with Crippen molar-refractivity contribution in [3.8, 4) is 0 Å². The summed E-state index contributed by atoms with van der Waals surface area (Å²) in [5, 5.41) is 2.65. The second-order valence-corrected chi connectivity index (χ2v) is 5.31. The summed E-state index contributed by atoms with van der Waals surface area (Å²) in [6, 6.07) is 11.1. The standard InChI is InChI=1S/C15H14BrFN2O/c1-9-7-11(16)12(17)8-13(9)19-15(20)14(18)10-5-3-2-4-6-10/h2-8,14H,18H2,1H3,(H,19,20)/t14-/m1/s1. The number of carbonyl (C=O) groups excluding carboxylic acids is 1. The van der Waals surface area contributed by atoms with Crippen LogP contribution in [-0.2, 0) is 4.79 Å². The van der Waals surface area contributed by atoms with Crippen molar-refractivity contribution in [3.05, 3.63) is 63.9 Å². The topological polar surface area (TPSA) is 55.1 Å². The number of nitrogens with one attached hydrogen (secondary N) is 1. The molecule has 2 aromatic rings. The first-order chi connectivity index (χ1) is 9.49. The number of aryl methyl sites for hydroxylation is 1. The Labute approximate surface area is 125 Å². The van der Waals surface area contributed by atoms with Crippen LogP contribution >= 0.6 is 15.9 Å². The number of hydrogen-bond acceptors (Lipinski definition) is 2. The number of rotatable bonds is 3. The van der Waals surface area contributed by atoms with Crippen LogP contribution in [-0.4, -0.2) is 5.91 Å². The Kier molecular flexibility index (Phi) is 4.52. The molecule has 0 aliphatic carbocycles. The molecule has 5 heteroatoms. The lowest BCUT2D eigenvalue weighted by atomic mass is 10.1. The van der Waals surface area contributed by atoms with Gasteiger partial charge in [-0.3, -0.25) is 4.79 Å². The first-order valence-electron chi connectivity index (χ1n) is 6.06. The molecule has 0 spiro atoms. The molecular formula is C15H14BrFN2O. The van der Waals surface area contributed by atoms with Crippen LogP contribution in [0.15, 0.2) is 46.9 Å². The van der Waals surface area contributed by atoms with Gasteiger partial charge in [0.05, 0.1) is 4.47 Å². The number of nitrogens with two attached hydrogens (primary N) is 1. The van der Waals surface area contributed by atoms with Crippen molar-refractivity contribution in [2.24, 2.45) is 5.73 Å². The van der Waals surface area contributed by atoms with Gasteiger partial charge in [0, 0.05) is 5.69 Å². The van der Waals surface area contributed by atoms with E-state index in [-0.39, 0.29) is 5.91 Å². The molecule has 0 aliphatic heterocycles. The van der Waals surface area contributed by atoms with Crippen LogP contribution in [0.5, 0.6) is 0 Å². The molecule has 0 saturated heterocycles. The first kappa shape index (κ1) is 14.7. The number of halogens is 2. The molecule has 104 valence electrons. The van der Waals surface area contributed by atoms with Crippen molar-refractivity contribution in [2.75, 3.05) is 5.32 Å². The summed E-state index contributed by atoms with van der Waals surface area (Å²) < 4.78 is 13.9. The van der Waals surface area contributed by atoms with E-state index in [4.69, 9.17) is 5.73 Å². The van der Waals surface area contributed by atoms with E-state index in [0.29, 0.717) is 15.7 Å². The van der Waals surface area contributed by atoms with Gasteiger partial charge < -0.3 is 11.1 Å². The third kappa shape index (κ3) is 3.23. The van der Waals surface area contributed by atoms with Gasteiger partial charge in [0.2, 0.25) is 5.91 Å². The van der Waals surface area contributed by atoms with E-state index in [9.17, 15) is 9.18 Å². The molecule has 20 heavy (non-hydrogen) atoms. The Hall–Kier alpha value is -1.72. The summed E-state index contributed by atoms with van der Waals surface area (Å²) in [6.07, 6.45) is 0. The Bertz CT molecular complexity index is 631. The average Bonchev–Trinajstić information content (AvgIpc) is 2.44. The highest BCUT2D eigenvalue weighted by Crippen LogP contribution is 2.24. The molecule has 0 aromatic heterocycles. The first-order valence-corrected chi connectivity index (χ1v) is 6.85. The average molecular weight is 337 g/mol. The molecule has 2 aromatic carbocycles. The van der Waals surface area contributed by atoms with Crippen molar-refractivity contribution in [2.45, 2.75) is 13.0 Å². The van der Waals surface area contributed by atoms with E-state index >= 15 is 0 Å². The number of hydrogen-bond donors (Lipinski definition) is 2. The lowest BCUT2D eigenvalue weighted by Crippen LogP contribution is -2.28. The molecule has 1 atom stereocenters. The van der Waals surface area contributed by atoms with Crippen LogP contribution in [0.2, 0.25) is 0 Å². The molecule has 0 radical (unpaired) electrons. The monoisotopic (exact) mass is 336 g/mol. The van der Waals surface area contributed by atoms with Crippen molar-refractivity contribution in [1.82, 2.24) is 0 Å². The number of benzene rings is 2. The SMILES string of the molecule is Cc1cc(Br)c(F)cc1NC(=O)[C@H](N)c1ccccc1. The maximum atomic E-state index is 13.5. The van der Waals surface area contributed by atoms with Gasteiger partial charge in [-0.2, -0.15) is 0 Å². The fraction of sp³-hybridized carbons (Fsp3) is 0.133. The fourth-order valence-corrected chi connectivity index (χ4v) is 2.26. The minimum atomic E-state index is -0.790. The summed E-state index contributed by atoms with van der Waals surface area (Å²) in [5.41, 5.74) is 7.77. The summed E-state index contributed by atoms with van der Waals surface area (Å²) in [7, 11) is 0. The smallest absolute Gasteiger partial charge is 0.245 e. The van der Waals surface area contributed by atoms with E-state index < -0.39 is 11.9 Å². The fourth-order valence-electron chi connectivity index (χ4n) is 1.80. The van der Waals surface area contributed by atoms with Gasteiger partial charge in [-0.25, -0.2) is 4.39 Å². The molecule has 0 bridgehead atoms.